The van der Waals surface area contributed by atoms with Crippen molar-refractivity contribution in [3.63, 3.8) is 0 Å². The molecule has 4 aromatic rings. The molecule has 0 bridgehead atoms. The number of carbonyl (C=O) groups excluding carboxylic acids is 1. The predicted molar refractivity (Wildman–Crippen MR) is 126 cm³/mol. The summed E-state index contributed by atoms with van der Waals surface area (Å²) in [5, 5.41) is 17.4. The van der Waals surface area contributed by atoms with E-state index in [1.165, 1.54) is 19.3 Å². The minimum atomic E-state index is -0.168. The lowest BCUT2D eigenvalue weighted by Gasteiger charge is -2.29. The van der Waals surface area contributed by atoms with Crippen LogP contribution in [0.25, 0.3) is 22.5 Å². The lowest BCUT2D eigenvalue weighted by atomic mass is 10.0. The Morgan fingerprint density at radius 2 is 1.72 bits per heavy atom. The summed E-state index contributed by atoms with van der Waals surface area (Å²) < 4.78 is 0. The van der Waals surface area contributed by atoms with Gasteiger partial charge in [-0.15, -0.1) is 10.2 Å². The Morgan fingerprint density at radius 3 is 2.50 bits per heavy atom. The largest absolute Gasteiger partial charge is 0.372 e. The van der Waals surface area contributed by atoms with Crippen molar-refractivity contribution in [1.29, 1.82) is 0 Å². The quantitative estimate of drug-likeness (QED) is 0.482. The van der Waals surface area contributed by atoms with Gasteiger partial charge in [-0.25, -0.2) is 0 Å². The van der Waals surface area contributed by atoms with E-state index in [4.69, 9.17) is 0 Å². The van der Waals surface area contributed by atoms with E-state index >= 15 is 0 Å². The molecule has 1 aliphatic heterocycles. The molecule has 0 aliphatic carbocycles. The molecule has 0 atom stereocenters. The fraction of sp³-hybridized carbons (Fsp3) is 0.200. The Labute approximate surface area is 186 Å². The fourth-order valence-corrected chi connectivity index (χ4v) is 4.12. The van der Waals surface area contributed by atoms with Crippen molar-refractivity contribution in [2.75, 3.05) is 23.3 Å². The van der Waals surface area contributed by atoms with Crippen LogP contribution < -0.4 is 10.2 Å². The van der Waals surface area contributed by atoms with Crippen molar-refractivity contribution >= 4 is 17.3 Å². The van der Waals surface area contributed by atoms with Crippen LogP contribution in [0.4, 0.5) is 11.4 Å². The Hall–Kier alpha value is -4.00. The van der Waals surface area contributed by atoms with Crippen molar-refractivity contribution in [3.8, 4) is 22.5 Å². The second kappa shape index (κ2) is 9.01. The second-order valence-corrected chi connectivity index (χ2v) is 7.91. The van der Waals surface area contributed by atoms with Gasteiger partial charge in [-0.1, -0.05) is 42.5 Å². The standard InChI is InChI=1S/C25H24N6O/c32-25(20-10-7-11-21(16-20)31-14-5-2-6-15-31)26-23-17-19(18-8-3-1-4-9-18)12-13-22(23)24-27-29-30-28-24/h1,3-4,7-13,16-17H,2,5-6,14-15H2,(H,26,32)(H,27,28,29,30). The van der Waals surface area contributed by atoms with E-state index in [1.807, 2.05) is 66.7 Å². The minimum Gasteiger partial charge on any atom is -0.372 e. The van der Waals surface area contributed by atoms with Crippen LogP contribution in [-0.4, -0.2) is 39.6 Å². The molecule has 1 aliphatic rings. The Morgan fingerprint density at radius 1 is 0.875 bits per heavy atom. The summed E-state index contributed by atoms with van der Waals surface area (Å²) in [5.74, 6) is 0.265. The summed E-state index contributed by atoms with van der Waals surface area (Å²) in [6, 6.07) is 23.7. The Kier molecular flexibility index (Phi) is 5.61. The molecular weight excluding hydrogens is 400 g/mol. The maximum Gasteiger partial charge on any atom is 0.255 e. The zero-order chi connectivity index (χ0) is 21.8. The number of piperidine rings is 1. The maximum absolute atomic E-state index is 13.2. The number of benzene rings is 3. The van der Waals surface area contributed by atoms with E-state index < -0.39 is 0 Å². The van der Waals surface area contributed by atoms with Crippen LogP contribution in [-0.2, 0) is 0 Å². The molecule has 0 spiro atoms. The third-order valence-corrected chi connectivity index (χ3v) is 5.79. The van der Waals surface area contributed by atoms with Crippen molar-refractivity contribution in [2.45, 2.75) is 19.3 Å². The summed E-state index contributed by atoms with van der Waals surface area (Å²) in [5.41, 5.74) is 5.12. The molecule has 2 heterocycles. The number of H-pyrrole nitrogens is 1. The van der Waals surface area contributed by atoms with Gasteiger partial charge in [0.1, 0.15) is 0 Å². The van der Waals surface area contributed by atoms with Gasteiger partial charge < -0.3 is 10.2 Å². The first-order valence-corrected chi connectivity index (χ1v) is 10.9. The van der Waals surface area contributed by atoms with E-state index in [1.54, 1.807) is 0 Å². The van der Waals surface area contributed by atoms with Gasteiger partial charge in [-0.05, 0) is 65.9 Å². The summed E-state index contributed by atoms with van der Waals surface area (Å²) in [4.78, 5) is 15.6. The SMILES string of the molecule is O=C(Nc1cc(-c2ccccc2)ccc1-c1nn[nH]n1)c1cccc(N2CCCCC2)c1. The molecule has 1 fully saturated rings. The molecule has 7 nitrogen and oxygen atoms in total. The number of anilines is 2. The first-order chi connectivity index (χ1) is 15.8. The summed E-state index contributed by atoms with van der Waals surface area (Å²) in [7, 11) is 0. The topological polar surface area (TPSA) is 86.8 Å². The van der Waals surface area contributed by atoms with Crippen LogP contribution in [0.15, 0.2) is 72.8 Å². The van der Waals surface area contributed by atoms with Crippen LogP contribution in [0.1, 0.15) is 29.6 Å². The summed E-state index contributed by atoms with van der Waals surface area (Å²) >= 11 is 0. The molecule has 7 heteroatoms. The number of hydrogen-bond donors (Lipinski definition) is 2. The fourth-order valence-electron chi connectivity index (χ4n) is 4.12. The summed E-state index contributed by atoms with van der Waals surface area (Å²) in [6.45, 7) is 2.07. The first-order valence-electron chi connectivity index (χ1n) is 10.9. The van der Waals surface area contributed by atoms with E-state index in [2.05, 4.69) is 36.9 Å². The number of hydrogen-bond acceptors (Lipinski definition) is 5. The van der Waals surface area contributed by atoms with Gasteiger partial charge in [-0.3, -0.25) is 4.79 Å². The Bertz CT molecular complexity index is 1200. The number of carbonyl (C=O) groups is 1. The minimum absolute atomic E-state index is 0.168. The van der Waals surface area contributed by atoms with Gasteiger partial charge in [0.15, 0.2) is 0 Å². The number of aromatic amines is 1. The molecule has 32 heavy (non-hydrogen) atoms. The predicted octanol–water partition coefficient (Wildman–Crippen LogP) is 4.78. The van der Waals surface area contributed by atoms with Crippen molar-refractivity contribution in [3.05, 3.63) is 78.4 Å². The molecular formula is C25H24N6O. The molecule has 0 saturated carbocycles. The third kappa shape index (κ3) is 4.23. The van der Waals surface area contributed by atoms with Crippen LogP contribution in [0.2, 0.25) is 0 Å². The number of rotatable bonds is 5. The molecule has 2 N–H and O–H groups in total. The van der Waals surface area contributed by atoms with Crippen LogP contribution in [0.3, 0.4) is 0 Å². The molecule has 0 unspecified atom stereocenters. The number of aromatic nitrogens is 4. The van der Waals surface area contributed by atoms with Gasteiger partial charge in [0.05, 0.1) is 5.69 Å². The number of nitrogens with zero attached hydrogens (tertiary/aromatic N) is 4. The molecule has 160 valence electrons. The van der Waals surface area contributed by atoms with Gasteiger partial charge >= 0.3 is 0 Å². The smallest absolute Gasteiger partial charge is 0.255 e. The molecule has 0 radical (unpaired) electrons. The average molecular weight is 425 g/mol. The monoisotopic (exact) mass is 424 g/mol. The van der Waals surface area contributed by atoms with Crippen molar-refractivity contribution in [1.82, 2.24) is 20.6 Å². The average Bonchev–Trinajstić information content (AvgIpc) is 3.40. The highest BCUT2D eigenvalue weighted by molar-refractivity contribution is 6.07. The zero-order valence-electron chi connectivity index (χ0n) is 17.7. The van der Waals surface area contributed by atoms with E-state index in [0.717, 1.165) is 29.9 Å². The van der Waals surface area contributed by atoms with Gasteiger partial charge in [0, 0.05) is 29.9 Å². The van der Waals surface area contributed by atoms with Crippen LogP contribution in [0, 0.1) is 0 Å². The number of tetrazole rings is 1. The van der Waals surface area contributed by atoms with Crippen molar-refractivity contribution < 1.29 is 4.79 Å². The van der Waals surface area contributed by atoms with Gasteiger partial charge in [0.2, 0.25) is 5.82 Å². The first kappa shape index (κ1) is 19.9. The molecule has 3 aromatic carbocycles. The highest BCUT2D eigenvalue weighted by atomic mass is 16.1. The molecule has 1 amide bonds. The number of amides is 1. The maximum atomic E-state index is 13.2. The van der Waals surface area contributed by atoms with Crippen LogP contribution in [0.5, 0.6) is 0 Å². The third-order valence-electron chi connectivity index (χ3n) is 5.79. The normalized spacial score (nSPS) is 13.7. The lowest BCUT2D eigenvalue weighted by Crippen LogP contribution is -2.29. The summed E-state index contributed by atoms with van der Waals surface area (Å²) in [6.07, 6.45) is 3.65. The Balaban J connectivity index is 1.46. The molecule has 1 aromatic heterocycles. The zero-order valence-corrected chi connectivity index (χ0v) is 17.7. The van der Waals surface area contributed by atoms with Crippen molar-refractivity contribution in [2.24, 2.45) is 0 Å². The van der Waals surface area contributed by atoms with E-state index in [9.17, 15) is 4.79 Å². The highest BCUT2D eigenvalue weighted by Crippen LogP contribution is 2.31. The second-order valence-electron chi connectivity index (χ2n) is 7.91. The van der Waals surface area contributed by atoms with E-state index in [-0.39, 0.29) is 5.91 Å². The van der Waals surface area contributed by atoms with Crippen LogP contribution >= 0.6 is 0 Å². The lowest BCUT2D eigenvalue weighted by molar-refractivity contribution is 0.102. The van der Waals surface area contributed by atoms with Gasteiger partial charge in [0.25, 0.3) is 5.91 Å². The van der Waals surface area contributed by atoms with Gasteiger partial charge in [-0.2, -0.15) is 5.21 Å². The molecule has 5 rings (SSSR count). The highest BCUT2D eigenvalue weighted by Gasteiger charge is 2.17. The van der Waals surface area contributed by atoms with E-state index in [0.29, 0.717) is 22.6 Å². The number of nitrogens with one attached hydrogen (secondary N) is 2. The molecule has 1 saturated heterocycles.